The molecule has 0 bridgehead atoms. The van der Waals surface area contributed by atoms with Gasteiger partial charge >= 0.3 is 243 Å². The first kappa shape index (κ1) is 28.5. The molecule has 10 heteroatoms. The van der Waals surface area contributed by atoms with Gasteiger partial charge in [0.2, 0.25) is 0 Å². The van der Waals surface area contributed by atoms with E-state index in [1.165, 1.54) is 40.1 Å². The molecule has 8 nitrogen and oxygen atoms in total. The van der Waals surface area contributed by atoms with E-state index in [1.807, 2.05) is 12.1 Å². The van der Waals surface area contributed by atoms with Crippen molar-refractivity contribution in [2.24, 2.45) is 11.3 Å². The summed E-state index contributed by atoms with van der Waals surface area (Å²) in [6.45, 7) is 7.12. The van der Waals surface area contributed by atoms with Gasteiger partial charge in [0.1, 0.15) is 0 Å². The SMILES string of the molecule is COc1cc2c(cc1OC)[C@@]1(C)CC[C@H]([Se]c3ccccc3)C(C)(C)[C@@H]1CN2S(=O)(=O)c1ccc([N+](=O)[O-])cc1. The minimum atomic E-state index is -4.05. The monoisotopic (exact) mass is 630 g/mol. The molecule has 0 radical (unpaired) electrons. The van der Waals surface area contributed by atoms with Crippen molar-refractivity contribution in [3.05, 3.63) is 82.4 Å². The van der Waals surface area contributed by atoms with Crippen LogP contribution in [0.4, 0.5) is 11.4 Å². The molecule has 1 aliphatic heterocycles. The molecule has 0 amide bonds. The van der Waals surface area contributed by atoms with E-state index in [0.717, 1.165) is 18.4 Å². The second-order valence-electron chi connectivity index (χ2n) is 11.3. The molecule has 1 heterocycles. The van der Waals surface area contributed by atoms with Gasteiger partial charge in [-0.25, -0.2) is 0 Å². The van der Waals surface area contributed by atoms with Crippen LogP contribution in [-0.4, -0.2) is 49.1 Å². The summed E-state index contributed by atoms with van der Waals surface area (Å²) in [5, 5.41) is 11.2. The number of nitro benzene ring substituents is 1. The van der Waals surface area contributed by atoms with Gasteiger partial charge in [-0.1, -0.05) is 0 Å². The normalized spacial score (nSPS) is 23.6. The standard InChI is InChI=1S/C30H34N2O6SSe/c1-29(2)27-19-31(39(35,36)21-13-11-20(12-14-21)32(33)34)24-18-26(38-5)25(37-4)17-23(24)30(27,3)16-15-28(29)40-22-9-7-6-8-10-22/h6-14,17-18,27-28H,15-16,19H2,1-5H3/t27-,28-,30+/m0/s1. The Morgan fingerprint density at radius 1 is 0.975 bits per heavy atom. The second kappa shape index (κ2) is 10.4. The molecule has 3 aromatic carbocycles. The zero-order valence-corrected chi connectivity index (χ0v) is 25.8. The van der Waals surface area contributed by atoms with Crippen molar-refractivity contribution in [1.29, 1.82) is 0 Å². The van der Waals surface area contributed by atoms with Crippen molar-refractivity contribution in [2.75, 3.05) is 25.1 Å². The van der Waals surface area contributed by atoms with E-state index in [2.05, 4.69) is 45.0 Å². The van der Waals surface area contributed by atoms with E-state index in [4.69, 9.17) is 9.47 Å². The van der Waals surface area contributed by atoms with Crippen LogP contribution < -0.4 is 18.2 Å². The van der Waals surface area contributed by atoms with Gasteiger partial charge in [0.05, 0.1) is 0 Å². The third-order valence-corrected chi connectivity index (χ3v) is 14.1. The van der Waals surface area contributed by atoms with Crippen LogP contribution >= 0.6 is 0 Å². The summed E-state index contributed by atoms with van der Waals surface area (Å²) >= 11 is 0.228. The Hall–Kier alpha value is -3.07. The van der Waals surface area contributed by atoms with E-state index >= 15 is 0 Å². The fourth-order valence-electron chi connectivity index (χ4n) is 6.55. The molecule has 1 fully saturated rings. The molecule has 5 rings (SSSR count). The summed E-state index contributed by atoms with van der Waals surface area (Å²) in [5.74, 6) is 1.03. The number of sulfonamides is 1. The topological polar surface area (TPSA) is 99.0 Å². The summed E-state index contributed by atoms with van der Waals surface area (Å²) in [6.07, 6.45) is 1.96. The molecule has 40 heavy (non-hydrogen) atoms. The van der Waals surface area contributed by atoms with Gasteiger partial charge in [-0.15, -0.1) is 0 Å². The Kier molecular flexibility index (Phi) is 7.40. The Morgan fingerprint density at radius 2 is 1.60 bits per heavy atom. The average molecular weight is 630 g/mol. The van der Waals surface area contributed by atoms with Crippen molar-refractivity contribution in [3.63, 3.8) is 0 Å². The molecule has 1 aliphatic carbocycles. The third-order valence-electron chi connectivity index (χ3n) is 8.81. The van der Waals surface area contributed by atoms with Crippen LogP contribution in [0.5, 0.6) is 11.5 Å². The molecule has 3 aromatic rings. The average Bonchev–Trinajstić information content (AvgIpc) is 2.94. The number of nitro groups is 1. The van der Waals surface area contributed by atoms with Gasteiger partial charge in [-0.2, -0.15) is 0 Å². The number of benzene rings is 3. The summed E-state index contributed by atoms with van der Waals surface area (Å²) < 4.78 is 42.5. The quantitative estimate of drug-likeness (QED) is 0.199. The maximum atomic E-state index is 14.2. The van der Waals surface area contributed by atoms with Gasteiger partial charge < -0.3 is 0 Å². The van der Waals surface area contributed by atoms with Crippen LogP contribution in [0.25, 0.3) is 0 Å². The van der Waals surface area contributed by atoms with Crippen molar-refractivity contribution >= 4 is 40.8 Å². The first-order valence-corrected chi connectivity index (χ1v) is 16.5. The number of rotatable bonds is 7. The zero-order chi connectivity index (χ0) is 28.9. The Labute approximate surface area is 242 Å². The predicted octanol–water partition coefficient (Wildman–Crippen LogP) is 5.33. The molecule has 0 saturated heterocycles. The zero-order valence-electron chi connectivity index (χ0n) is 23.3. The summed E-state index contributed by atoms with van der Waals surface area (Å²) in [4.78, 5) is 11.1. The van der Waals surface area contributed by atoms with Crippen LogP contribution in [0, 0.1) is 21.4 Å². The van der Waals surface area contributed by atoms with Crippen LogP contribution in [-0.2, 0) is 15.4 Å². The second-order valence-corrected chi connectivity index (χ2v) is 15.8. The fraction of sp³-hybridized carbons (Fsp3) is 0.400. The Balaban J connectivity index is 1.65. The Morgan fingerprint density at radius 3 is 2.20 bits per heavy atom. The number of fused-ring (bicyclic) bond motifs is 3. The number of hydrogen-bond acceptors (Lipinski definition) is 6. The van der Waals surface area contributed by atoms with E-state index in [9.17, 15) is 18.5 Å². The molecule has 0 unspecified atom stereocenters. The number of ether oxygens (including phenoxy) is 2. The van der Waals surface area contributed by atoms with Gasteiger partial charge in [0.15, 0.2) is 0 Å². The third kappa shape index (κ3) is 4.66. The molecule has 212 valence electrons. The van der Waals surface area contributed by atoms with Crippen LogP contribution in [0.2, 0.25) is 4.82 Å². The summed E-state index contributed by atoms with van der Waals surface area (Å²) in [6, 6.07) is 19.3. The Bertz CT molecular complexity index is 1530. The van der Waals surface area contributed by atoms with E-state index < -0.39 is 14.9 Å². The first-order valence-electron chi connectivity index (χ1n) is 13.2. The van der Waals surface area contributed by atoms with Crippen molar-refractivity contribution in [2.45, 2.75) is 48.7 Å². The number of non-ortho nitro benzene ring substituents is 1. The van der Waals surface area contributed by atoms with Gasteiger partial charge in [0, 0.05) is 0 Å². The molecule has 0 aromatic heterocycles. The molecular formula is C30H34N2O6SSe. The molecule has 3 atom stereocenters. The van der Waals surface area contributed by atoms with E-state index in [-0.39, 0.29) is 42.3 Å². The summed E-state index contributed by atoms with van der Waals surface area (Å²) in [7, 11) is -0.928. The van der Waals surface area contributed by atoms with Crippen molar-refractivity contribution in [1.82, 2.24) is 0 Å². The van der Waals surface area contributed by atoms with E-state index in [1.54, 1.807) is 13.2 Å². The van der Waals surface area contributed by atoms with Crippen molar-refractivity contribution in [3.8, 4) is 11.5 Å². The fourth-order valence-corrected chi connectivity index (χ4v) is 10.9. The maximum absolute atomic E-state index is 14.2. The number of anilines is 1. The van der Waals surface area contributed by atoms with Crippen LogP contribution in [0.15, 0.2) is 71.6 Å². The molecule has 0 N–H and O–H groups in total. The molecule has 1 saturated carbocycles. The van der Waals surface area contributed by atoms with Gasteiger partial charge in [-0.05, 0) is 0 Å². The van der Waals surface area contributed by atoms with E-state index in [0.29, 0.717) is 28.5 Å². The van der Waals surface area contributed by atoms with Crippen molar-refractivity contribution < 1.29 is 22.8 Å². The summed E-state index contributed by atoms with van der Waals surface area (Å²) in [5.41, 5.74) is 0.875. The number of hydrogen-bond donors (Lipinski definition) is 0. The van der Waals surface area contributed by atoms with Gasteiger partial charge in [0.25, 0.3) is 0 Å². The minimum absolute atomic E-state index is 0.0149. The first-order chi connectivity index (χ1) is 18.9. The van der Waals surface area contributed by atoms with Crippen LogP contribution in [0.1, 0.15) is 39.2 Å². The van der Waals surface area contributed by atoms with Gasteiger partial charge in [-0.3, -0.25) is 0 Å². The predicted molar refractivity (Wildman–Crippen MR) is 157 cm³/mol. The molecule has 0 spiro atoms. The number of methoxy groups -OCH3 is 2. The molecular weight excluding hydrogens is 595 g/mol. The van der Waals surface area contributed by atoms with Crippen LogP contribution in [0.3, 0.4) is 0 Å². The number of nitrogens with zero attached hydrogens (tertiary/aromatic N) is 2. The molecule has 2 aliphatic rings.